The average molecular weight is 283 g/mol. The van der Waals surface area contributed by atoms with Crippen molar-refractivity contribution in [1.82, 2.24) is 0 Å². The van der Waals surface area contributed by atoms with Gasteiger partial charge in [-0.25, -0.2) is 0 Å². The van der Waals surface area contributed by atoms with E-state index in [0.717, 1.165) is 36.1 Å². The molecule has 0 heterocycles. The Morgan fingerprint density at radius 1 is 1.14 bits per heavy atom. The number of nitrogens with two attached hydrogens (primary N) is 1. The molecule has 0 aromatic heterocycles. The van der Waals surface area contributed by atoms with E-state index in [0.29, 0.717) is 0 Å². The third-order valence-electron chi connectivity index (χ3n) is 3.70. The first-order chi connectivity index (χ1) is 10.2. The van der Waals surface area contributed by atoms with Crippen molar-refractivity contribution in [3.63, 3.8) is 0 Å². The number of benzene rings is 2. The first-order valence-corrected chi connectivity index (χ1v) is 7.75. The van der Waals surface area contributed by atoms with Crippen molar-refractivity contribution < 1.29 is 4.74 Å². The average Bonchev–Trinajstić information content (AvgIpc) is 2.50. The number of allylic oxidation sites excluding steroid dienone is 1. The van der Waals surface area contributed by atoms with E-state index < -0.39 is 0 Å². The topological polar surface area (TPSA) is 35.2 Å². The predicted octanol–water partition coefficient (Wildman–Crippen LogP) is 4.98. The Bertz CT molecular complexity index is 589. The van der Waals surface area contributed by atoms with Crippen molar-refractivity contribution in [2.24, 2.45) is 5.73 Å². The lowest BCUT2D eigenvalue weighted by Gasteiger charge is -2.16. The Morgan fingerprint density at radius 3 is 2.71 bits per heavy atom. The molecular weight excluding hydrogens is 258 g/mol. The molecule has 0 aliphatic carbocycles. The van der Waals surface area contributed by atoms with Crippen molar-refractivity contribution in [1.29, 1.82) is 0 Å². The van der Waals surface area contributed by atoms with Crippen LogP contribution in [0.3, 0.4) is 0 Å². The van der Waals surface area contributed by atoms with E-state index in [4.69, 9.17) is 10.5 Å². The number of rotatable bonds is 8. The second-order valence-electron chi connectivity index (χ2n) is 5.48. The van der Waals surface area contributed by atoms with Crippen molar-refractivity contribution >= 4 is 10.8 Å². The molecule has 2 heteroatoms. The van der Waals surface area contributed by atoms with E-state index in [1.165, 1.54) is 18.2 Å². The summed E-state index contributed by atoms with van der Waals surface area (Å²) in [6, 6.07) is 12.5. The fraction of sp³-hybridized carbons (Fsp3) is 0.368. The molecule has 2 aromatic carbocycles. The molecule has 0 spiro atoms. The van der Waals surface area contributed by atoms with Crippen LogP contribution >= 0.6 is 0 Å². The van der Waals surface area contributed by atoms with Crippen molar-refractivity contribution in [3.8, 4) is 5.75 Å². The lowest BCUT2D eigenvalue weighted by atomic mass is 10.0. The van der Waals surface area contributed by atoms with Crippen LogP contribution in [0.5, 0.6) is 5.75 Å². The van der Waals surface area contributed by atoms with Gasteiger partial charge in [-0.3, -0.25) is 0 Å². The minimum atomic E-state index is -0.0228. The Kier molecular flexibility index (Phi) is 5.82. The SMILES string of the molecule is C=CCCCCCOc1c(C(C)N)ccc2ccccc12. The predicted molar refractivity (Wildman–Crippen MR) is 90.7 cm³/mol. The highest BCUT2D eigenvalue weighted by Crippen LogP contribution is 2.33. The zero-order valence-corrected chi connectivity index (χ0v) is 12.8. The van der Waals surface area contributed by atoms with Crippen LogP contribution in [0.15, 0.2) is 49.1 Å². The number of hydrogen-bond donors (Lipinski definition) is 1. The van der Waals surface area contributed by atoms with Gasteiger partial charge in [0.2, 0.25) is 0 Å². The Hall–Kier alpha value is -1.80. The Labute approximate surface area is 127 Å². The summed E-state index contributed by atoms with van der Waals surface area (Å²) in [7, 11) is 0. The van der Waals surface area contributed by atoms with Gasteiger partial charge in [0.25, 0.3) is 0 Å². The van der Waals surface area contributed by atoms with Gasteiger partial charge in [0.15, 0.2) is 0 Å². The Morgan fingerprint density at radius 2 is 1.95 bits per heavy atom. The van der Waals surface area contributed by atoms with Gasteiger partial charge in [0.1, 0.15) is 5.75 Å². The monoisotopic (exact) mass is 283 g/mol. The molecule has 0 saturated heterocycles. The van der Waals surface area contributed by atoms with Crippen LogP contribution in [-0.4, -0.2) is 6.61 Å². The van der Waals surface area contributed by atoms with E-state index in [-0.39, 0.29) is 6.04 Å². The number of ether oxygens (including phenoxy) is 1. The van der Waals surface area contributed by atoms with E-state index >= 15 is 0 Å². The summed E-state index contributed by atoms with van der Waals surface area (Å²) in [4.78, 5) is 0. The zero-order valence-electron chi connectivity index (χ0n) is 12.8. The molecule has 0 amide bonds. The lowest BCUT2D eigenvalue weighted by Crippen LogP contribution is -2.09. The molecule has 2 aromatic rings. The highest BCUT2D eigenvalue weighted by atomic mass is 16.5. The Balaban J connectivity index is 2.12. The highest BCUT2D eigenvalue weighted by molar-refractivity contribution is 5.89. The molecule has 0 bridgehead atoms. The van der Waals surface area contributed by atoms with Crippen LogP contribution in [0.4, 0.5) is 0 Å². The van der Waals surface area contributed by atoms with Gasteiger partial charge in [-0.2, -0.15) is 0 Å². The second kappa shape index (κ2) is 7.84. The summed E-state index contributed by atoms with van der Waals surface area (Å²) in [5.41, 5.74) is 7.17. The van der Waals surface area contributed by atoms with Gasteiger partial charge in [-0.1, -0.05) is 42.5 Å². The molecular formula is C19H25NO. The summed E-state index contributed by atoms with van der Waals surface area (Å²) >= 11 is 0. The number of fused-ring (bicyclic) bond motifs is 1. The first kappa shape index (κ1) is 15.6. The molecule has 2 nitrogen and oxygen atoms in total. The largest absolute Gasteiger partial charge is 0.493 e. The molecule has 1 unspecified atom stereocenters. The molecule has 1 atom stereocenters. The van der Waals surface area contributed by atoms with Crippen LogP contribution < -0.4 is 10.5 Å². The highest BCUT2D eigenvalue weighted by Gasteiger charge is 2.11. The number of hydrogen-bond acceptors (Lipinski definition) is 2. The molecule has 0 aliphatic rings. The third-order valence-corrected chi connectivity index (χ3v) is 3.70. The summed E-state index contributed by atoms with van der Waals surface area (Å²) in [6.45, 7) is 6.49. The first-order valence-electron chi connectivity index (χ1n) is 7.75. The zero-order chi connectivity index (χ0) is 15.1. The van der Waals surface area contributed by atoms with Crippen LogP contribution in [0.25, 0.3) is 10.8 Å². The molecule has 2 N–H and O–H groups in total. The van der Waals surface area contributed by atoms with Crippen LogP contribution in [0.1, 0.15) is 44.2 Å². The second-order valence-corrected chi connectivity index (χ2v) is 5.48. The van der Waals surface area contributed by atoms with Gasteiger partial charge in [-0.15, -0.1) is 6.58 Å². The minimum Gasteiger partial charge on any atom is -0.493 e. The normalized spacial score (nSPS) is 12.3. The van der Waals surface area contributed by atoms with Crippen molar-refractivity contribution in [2.75, 3.05) is 6.61 Å². The van der Waals surface area contributed by atoms with Crippen LogP contribution in [-0.2, 0) is 0 Å². The molecule has 2 rings (SSSR count). The molecule has 0 radical (unpaired) electrons. The summed E-state index contributed by atoms with van der Waals surface area (Å²) in [5.74, 6) is 0.951. The minimum absolute atomic E-state index is 0.0228. The summed E-state index contributed by atoms with van der Waals surface area (Å²) < 4.78 is 6.09. The van der Waals surface area contributed by atoms with Crippen molar-refractivity contribution in [2.45, 2.75) is 38.6 Å². The third kappa shape index (κ3) is 4.08. The van der Waals surface area contributed by atoms with Crippen molar-refractivity contribution in [3.05, 3.63) is 54.6 Å². The van der Waals surface area contributed by atoms with Crippen LogP contribution in [0.2, 0.25) is 0 Å². The van der Waals surface area contributed by atoms with E-state index in [9.17, 15) is 0 Å². The molecule has 112 valence electrons. The maximum absolute atomic E-state index is 6.09. The van der Waals surface area contributed by atoms with Gasteiger partial charge in [0, 0.05) is 17.0 Å². The molecule has 0 fully saturated rings. The van der Waals surface area contributed by atoms with Gasteiger partial charge < -0.3 is 10.5 Å². The molecule has 21 heavy (non-hydrogen) atoms. The van der Waals surface area contributed by atoms with E-state index in [2.05, 4.69) is 30.8 Å². The molecule has 0 saturated carbocycles. The summed E-state index contributed by atoms with van der Waals surface area (Å²) in [6.07, 6.45) is 6.47. The van der Waals surface area contributed by atoms with Gasteiger partial charge in [-0.05, 0) is 38.0 Å². The maximum Gasteiger partial charge on any atom is 0.131 e. The fourth-order valence-electron chi connectivity index (χ4n) is 2.52. The number of unbranched alkanes of at least 4 members (excludes halogenated alkanes) is 3. The molecule has 0 aliphatic heterocycles. The standard InChI is InChI=1S/C19H25NO/c1-3-4-5-6-9-14-21-19-17(15(2)20)13-12-16-10-7-8-11-18(16)19/h3,7-8,10-13,15H,1,4-6,9,14,20H2,2H3. The summed E-state index contributed by atoms with van der Waals surface area (Å²) in [5, 5.41) is 2.35. The quantitative estimate of drug-likeness (QED) is 0.547. The van der Waals surface area contributed by atoms with E-state index in [1.54, 1.807) is 0 Å². The van der Waals surface area contributed by atoms with Gasteiger partial charge >= 0.3 is 0 Å². The lowest BCUT2D eigenvalue weighted by molar-refractivity contribution is 0.305. The smallest absolute Gasteiger partial charge is 0.131 e. The van der Waals surface area contributed by atoms with Crippen LogP contribution in [0, 0.1) is 0 Å². The van der Waals surface area contributed by atoms with Gasteiger partial charge in [0.05, 0.1) is 6.61 Å². The fourth-order valence-corrected chi connectivity index (χ4v) is 2.52. The van der Waals surface area contributed by atoms with E-state index in [1.807, 2.05) is 25.1 Å². The maximum atomic E-state index is 6.09.